The molecular weight excluding hydrogens is 233 g/mol. The van der Waals surface area contributed by atoms with Gasteiger partial charge in [-0.2, -0.15) is 13.2 Å². The molecule has 1 heterocycles. The summed E-state index contributed by atoms with van der Waals surface area (Å²) in [7, 11) is 0. The topological polar surface area (TPSA) is 34.1 Å². The van der Waals surface area contributed by atoms with Crippen molar-refractivity contribution in [1.29, 1.82) is 0 Å². The van der Waals surface area contributed by atoms with Crippen molar-refractivity contribution >= 4 is 5.82 Å². The van der Waals surface area contributed by atoms with Gasteiger partial charge in [-0.1, -0.05) is 6.07 Å². The molecule has 0 bridgehead atoms. The van der Waals surface area contributed by atoms with Crippen LogP contribution in [-0.2, 0) is 10.9 Å². The highest BCUT2D eigenvalue weighted by molar-refractivity contribution is 5.36. The van der Waals surface area contributed by atoms with E-state index in [-0.39, 0.29) is 11.9 Å². The lowest BCUT2D eigenvalue weighted by atomic mass is 10.3. The van der Waals surface area contributed by atoms with E-state index in [2.05, 4.69) is 10.3 Å². The highest BCUT2D eigenvalue weighted by atomic mass is 19.4. The summed E-state index contributed by atoms with van der Waals surface area (Å²) in [4.78, 5) is 3.50. The second-order valence-electron chi connectivity index (χ2n) is 3.61. The van der Waals surface area contributed by atoms with Crippen LogP contribution in [0.25, 0.3) is 0 Å². The third-order valence-corrected chi connectivity index (χ3v) is 2.01. The molecule has 1 unspecified atom stereocenters. The van der Waals surface area contributed by atoms with Gasteiger partial charge in [-0.15, -0.1) is 0 Å². The third-order valence-electron chi connectivity index (χ3n) is 2.01. The summed E-state index contributed by atoms with van der Waals surface area (Å²) in [5.74, 6) is 0.201. The van der Waals surface area contributed by atoms with Crippen molar-refractivity contribution in [3.8, 4) is 0 Å². The molecule has 0 spiro atoms. The van der Waals surface area contributed by atoms with Crippen LogP contribution in [0.15, 0.2) is 18.2 Å². The molecule has 1 rings (SSSR count). The minimum atomic E-state index is -4.42. The number of hydrogen-bond acceptors (Lipinski definition) is 3. The van der Waals surface area contributed by atoms with Crippen molar-refractivity contribution in [2.45, 2.75) is 26.1 Å². The monoisotopic (exact) mass is 248 g/mol. The van der Waals surface area contributed by atoms with Gasteiger partial charge in [0.2, 0.25) is 0 Å². The maximum Gasteiger partial charge on any atom is 0.433 e. The quantitative estimate of drug-likeness (QED) is 0.869. The molecule has 1 N–H and O–H groups in total. The molecule has 6 heteroatoms. The Morgan fingerprint density at radius 3 is 2.71 bits per heavy atom. The van der Waals surface area contributed by atoms with Crippen LogP contribution < -0.4 is 5.32 Å². The van der Waals surface area contributed by atoms with Gasteiger partial charge < -0.3 is 10.1 Å². The molecule has 0 aliphatic carbocycles. The normalized spacial score (nSPS) is 13.5. The summed E-state index contributed by atoms with van der Waals surface area (Å²) in [6, 6.07) is 3.67. The van der Waals surface area contributed by atoms with Gasteiger partial charge in [-0.3, -0.25) is 0 Å². The maximum absolute atomic E-state index is 12.4. The zero-order chi connectivity index (χ0) is 12.9. The Morgan fingerprint density at radius 1 is 1.41 bits per heavy atom. The van der Waals surface area contributed by atoms with Gasteiger partial charge in [0, 0.05) is 12.6 Å². The Kier molecular flexibility index (Phi) is 4.74. The van der Waals surface area contributed by atoms with E-state index in [9.17, 15) is 13.2 Å². The number of hydrogen-bond donors (Lipinski definition) is 1. The summed E-state index contributed by atoms with van der Waals surface area (Å²) < 4.78 is 42.3. The highest BCUT2D eigenvalue weighted by Crippen LogP contribution is 2.28. The molecule has 3 nitrogen and oxygen atoms in total. The lowest BCUT2D eigenvalue weighted by Gasteiger charge is -2.15. The average molecular weight is 248 g/mol. The molecule has 0 saturated heterocycles. The number of halogens is 3. The summed E-state index contributed by atoms with van der Waals surface area (Å²) in [5.41, 5.74) is -0.897. The predicted octanol–water partition coefficient (Wildman–Crippen LogP) is 2.94. The Bertz CT molecular complexity index is 355. The van der Waals surface area contributed by atoms with Crippen LogP contribution in [0.4, 0.5) is 19.0 Å². The number of nitrogens with zero attached hydrogens (tertiary/aromatic N) is 1. The van der Waals surface area contributed by atoms with E-state index in [1.165, 1.54) is 12.1 Å². The molecule has 0 aromatic carbocycles. The summed E-state index contributed by atoms with van der Waals surface area (Å²) in [5, 5.41) is 2.85. The number of rotatable bonds is 5. The molecule has 0 fully saturated rings. The first-order valence-corrected chi connectivity index (χ1v) is 5.32. The first-order valence-electron chi connectivity index (χ1n) is 5.32. The fourth-order valence-corrected chi connectivity index (χ4v) is 1.26. The largest absolute Gasteiger partial charge is 0.433 e. The van der Waals surface area contributed by atoms with E-state index in [0.717, 1.165) is 6.07 Å². The molecule has 0 aliphatic heterocycles. The fraction of sp³-hybridized carbons (Fsp3) is 0.545. The van der Waals surface area contributed by atoms with Crippen molar-refractivity contribution in [2.75, 3.05) is 18.5 Å². The van der Waals surface area contributed by atoms with E-state index >= 15 is 0 Å². The van der Waals surface area contributed by atoms with E-state index in [1.54, 1.807) is 0 Å². The van der Waals surface area contributed by atoms with Gasteiger partial charge in [-0.05, 0) is 26.0 Å². The van der Waals surface area contributed by atoms with Gasteiger partial charge in [0.15, 0.2) is 0 Å². The Morgan fingerprint density at radius 2 is 2.12 bits per heavy atom. The number of ether oxygens (including phenoxy) is 1. The molecule has 1 atom stereocenters. The van der Waals surface area contributed by atoms with Crippen LogP contribution in [0.3, 0.4) is 0 Å². The van der Waals surface area contributed by atoms with Gasteiger partial charge in [0.25, 0.3) is 0 Å². The number of nitrogens with one attached hydrogen (secondary N) is 1. The van der Waals surface area contributed by atoms with Crippen LogP contribution in [0, 0.1) is 0 Å². The standard InChI is InChI=1S/C11H15F3N2O/c1-3-17-7-8(2)15-10-6-4-5-9(16-10)11(12,13)14/h4-6,8H,3,7H2,1-2H3,(H,15,16). The van der Waals surface area contributed by atoms with Crippen molar-refractivity contribution in [3.05, 3.63) is 23.9 Å². The number of pyridine rings is 1. The number of anilines is 1. The average Bonchev–Trinajstić information content (AvgIpc) is 2.25. The van der Waals surface area contributed by atoms with Gasteiger partial charge in [-0.25, -0.2) is 4.98 Å². The molecule has 1 aromatic rings. The Hall–Kier alpha value is -1.30. The summed E-state index contributed by atoms with van der Waals surface area (Å²) >= 11 is 0. The SMILES string of the molecule is CCOCC(C)Nc1cccc(C(F)(F)F)n1. The van der Waals surface area contributed by atoms with Crippen molar-refractivity contribution in [2.24, 2.45) is 0 Å². The van der Waals surface area contributed by atoms with Gasteiger partial charge >= 0.3 is 6.18 Å². The zero-order valence-electron chi connectivity index (χ0n) is 9.71. The third kappa shape index (κ3) is 4.60. The molecule has 1 aromatic heterocycles. The van der Waals surface area contributed by atoms with E-state index in [4.69, 9.17) is 4.74 Å². The van der Waals surface area contributed by atoms with Crippen LogP contribution >= 0.6 is 0 Å². The molecule has 17 heavy (non-hydrogen) atoms. The zero-order valence-corrected chi connectivity index (χ0v) is 9.71. The first kappa shape index (κ1) is 13.8. The van der Waals surface area contributed by atoms with Crippen LogP contribution in [0.2, 0.25) is 0 Å². The lowest BCUT2D eigenvalue weighted by molar-refractivity contribution is -0.141. The number of aromatic nitrogens is 1. The number of alkyl halides is 3. The molecule has 0 aliphatic rings. The predicted molar refractivity (Wildman–Crippen MR) is 58.8 cm³/mol. The maximum atomic E-state index is 12.4. The van der Waals surface area contributed by atoms with E-state index in [0.29, 0.717) is 13.2 Å². The molecule has 0 amide bonds. The first-order chi connectivity index (χ1) is 7.93. The van der Waals surface area contributed by atoms with E-state index < -0.39 is 11.9 Å². The second-order valence-corrected chi connectivity index (χ2v) is 3.61. The van der Waals surface area contributed by atoms with Crippen molar-refractivity contribution in [3.63, 3.8) is 0 Å². The molecule has 96 valence electrons. The lowest BCUT2D eigenvalue weighted by Crippen LogP contribution is -2.23. The summed E-state index contributed by atoms with van der Waals surface area (Å²) in [6.45, 7) is 4.67. The van der Waals surface area contributed by atoms with Crippen molar-refractivity contribution < 1.29 is 17.9 Å². The Labute approximate surface area is 98.0 Å². The summed E-state index contributed by atoms with van der Waals surface area (Å²) in [6.07, 6.45) is -4.42. The van der Waals surface area contributed by atoms with Crippen LogP contribution in [-0.4, -0.2) is 24.2 Å². The molecule has 0 radical (unpaired) electrons. The van der Waals surface area contributed by atoms with Crippen LogP contribution in [0.1, 0.15) is 19.5 Å². The van der Waals surface area contributed by atoms with Gasteiger partial charge in [0.05, 0.1) is 6.61 Å². The fourth-order valence-electron chi connectivity index (χ4n) is 1.26. The molecular formula is C11H15F3N2O. The highest BCUT2D eigenvalue weighted by Gasteiger charge is 2.32. The minimum absolute atomic E-state index is 0.0917. The Balaban J connectivity index is 2.66. The van der Waals surface area contributed by atoms with Gasteiger partial charge in [0.1, 0.15) is 11.5 Å². The van der Waals surface area contributed by atoms with Crippen molar-refractivity contribution in [1.82, 2.24) is 4.98 Å². The second kappa shape index (κ2) is 5.86. The van der Waals surface area contributed by atoms with Crippen LogP contribution in [0.5, 0.6) is 0 Å². The van der Waals surface area contributed by atoms with E-state index in [1.807, 2.05) is 13.8 Å². The minimum Gasteiger partial charge on any atom is -0.380 e. The molecule has 0 saturated carbocycles. The smallest absolute Gasteiger partial charge is 0.380 e.